The molecule has 2 rings (SSSR count). The Labute approximate surface area is 91.5 Å². The number of carbonyl (C=O) groups is 1. The normalized spacial score (nSPS) is 12.6. The summed E-state index contributed by atoms with van der Waals surface area (Å²) in [5.41, 5.74) is 7.23. The summed E-state index contributed by atoms with van der Waals surface area (Å²) >= 11 is 0. The molecule has 6 heteroatoms. The van der Waals surface area contributed by atoms with E-state index in [2.05, 4.69) is 15.0 Å². The Hall–Kier alpha value is -2.08. The van der Waals surface area contributed by atoms with Crippen molar-refractivity contribution in [3.05, 3.63) is 30.5 Å². The summed E-state index contributed by atoms with van der Waals surface area (Å²) in [5.74, 6) is -0.453. The van der Waals surface area contributed by atoms with E-state index in [-0.39, 0.29) is 6.42 Å². The lowest BCUT2D eigenvalue weighted by Crippen LogP contribution is -2.32. The maximum absolute atomic E-state index is 10.6. The van der Waals surface area contributed by atoms with Gasteiger partial charge in [0.25, 0.3) is 0 Å². The fourth-order valence-corrected chi connectivity index (χ4v) is 1.40. The molecule has 84 valence electrons. The number of nitrogens with one attached hydrogen (secondary N) is 2. The molecular formula is C10H12N4O2. The fraction of sp³-hybridized carbons (Fsp3) is 0.200. The Morgan fingerprint density at radius 1 is 1.62 bits per heavy atom. The second kappa shape index (κ2) is 4.19. The molecule has 1 atom stereocenters. The molecule has 0 amide bonds. The first kappa shape index (κ1) is 10.4. The van der Waals surface area contributed by atoms with Crippen molar-refractivity contribution in [1.29, 1.82) is 0 Å². The van der Waals surface area contributed by atoms with Gasteiger partial charge in [0.15, 0.2) is 0 Å². The molecule has 0 aliphatic rings. The van der Waals surface area contributed by atoms with Crippen LogP contribution in [0.5, 0.6) is 0 Å². The summed E-state index contributed by atoms with van der Waals surface area (Å²) in [6.45, 7) is 0. The third-order valence-electron chi connectivity index (χ3n) is 2.27. The first-order valence-corrected chi connectivity index (χ1v) is 4.82. The number of aromatic amines is 2. The molecule has 0 aliphatic carbocycles. The minimum atomic E-state index is -1.03. The number of nitrogens with zero attached hydrogens (tertiary/aromatic N) is 1. The fourth-order valence-electron chi connectivity index (χ4n) is 1.40. The van der Waals surface area contributed by atoms with Gasteiger partial charge in [-0.1, -0.05) is 0 Å². The van der Waals surface area contributed by atoms with Gasteiger partial charge in [-0.2, -0.15) is 0 Å². The van der Waals surface area contributed by atoms with E-state index >= 15 is 0 Å². The van der Waals surface area contributed by atoms with Crippen LogP contribution in [0.4, 0.5) is 0 Å². The largest absolute Gasteiger partial charge is 0.480 e. The highest BCUT2D eigenvalue weighted by molar-refractivity contribution is 5.73. The van der Waals surface area contributed by atoms with Crippen LogP contribution < -0.4 is 5.73 Å². The Kier molecular flexibility index (Phi) is 2.74. The number of aromatic nitrogens is 3. The number of H-pyrrole nitrogens is 2. The zero-order valence-corrected chi connectivity index (χ0v) is 8.47. The molecule has 5 N–H and O–H groups in total. The Morgan fingerprint density at radius 3 is 3.06 bits per heavy atom. The third-order valence-corrected chi connectivity index (χ3v) is 2.27. The van der Waals surface area contributed by atoms with Crippen molar-refractivity contribution in [2.45, 2.75) is 12.5 Å². The van der Waals surface area contributed by atoms with E-state index in [1.165, 1.54) is 0 Å². The predicted octanol–water partition coefficient (Wildman–Crippen LogP) is 0.359. The summed E-state index contributed by atoms with van der Waals surface area (Å²) in [4.78, 5) is 20.6. The molecule has 0 bridgehead atoms. The maximum atomic E-state index is 10.6. The molecule has 0 aromatic carbocycles. The van der Waals surface area contributed by atoms with E-state index < -0.39 is 12.0 Å². The zero-order valence-electron chi connectivity index (χ0n) is 8.47. The standard InChI is InChI=1S/C10H12N4O2/c11-7(10(15)16)3-9-13-5-8(14-9)6-1-2-12-4-6/h1-2,4-5,7,12H,3,11H2,(H,13,14)(H,15,16). The lowest BCUT2D eigenvalue weighted by Gasteiger charge is -2.02. The topological polar surface area (TPSA) is 108 Å². The number of aliphatic carboxylic acids is 1. The van der Waals surface area contributed by atoms with Gasteiger partial charge in [-0.15, -0.1) is 0 Å². The van der Waals surface area contributed by atoms with Crippen LogP contribution in [-0.2, 0) is 11.2 Å². The Bertz CT molecular complexity index is 475. The lowest BCUT2D eigenvalue weighted by molar-refractivity contribution is -0.138. The number of rotatable bonds is 4. The summed E-state index contributed by atoms with van der Waals surface area (Å²) in [6, 6.07) is 0.972. The van der Waals surface area contributed by atoms with Crippen LogP contribution in [0.3, 0.4) is 0 Å². The second-order valence-corrected chi connectivity index (χ2v) is 3.49. The molecular weight excluding hydrogens is 208 g/mol. The minimum Gasteiger partial charge on any atom is -0.480 e. The molecule has 0 aliphatic heterocycles. The molecule has 0 saturated carbocycles. The minimum absolute atomic E-state index is 0.194. The molecule has 0 spiro atoms. The molecule has 0 radical (unpaired) electrons. The van der Waals surface area contributed by atoms with Crippen molar-refractivity contribution in [3.63, 3.8) is 0 Å². The van der Waals surface area contributed by atoms with Crippen LogP contribution in [0.1, 0.15) is 5.82 Å². The molecule has 16 heavy (non-hydrogen) atoms. The summed E-state index contributed by atoms with van der Waals surface area (Å²) in [5, 5.41) is 8.66. The van der Waals surface area contributed by atoms with Crippen molar-refractivity contribution in [3.8, 4) is 11.3 Å². The van der Waals surface area contributed by atoms with E-state index in [4.69, 9.17) is 10.8 Å². The van der Waals surface area contributed by atoms with E-state index in [1.54, 1.807) is 12.4 Å². The van der Waals surface area contributed by atoms with Gasteiger partial charge in [-0.05, 0) is 6.07 Å². The zero-order chi connectivity index (χ0) is 11.5. The highest BCUT2D eigenvalue weighted by Gasteiger charge is 2.14. The number of carboxylic acids is 1. The van der Waals surface area contributed by atoms with Crippen LogP contribution in [0, 0.1) is 0 Å². The van der Waals surface area contributed by atoms with Gasteiger partial charge in [-0.3, -0.25) is 4.79 Å². The van der Waals surface area contributed by atoms with Crippen LogP contribution in [0.15, 0.2) is 24.7 Å². The van der Waals surface area contributed by atoms with Crippen LogP contribution in [-0.4, -0.2) is 32.1 Å². The van der Waals surface area contributed by atoms with Crippen molar-refractivity contribution in [1.82, 2.24) is 15.0 Å². The van der Waals surface area contributed by atoms with Crippen LogP contribution >= 0.6 is 0 Å². The predicted molar refractivity (Wildman–Crippen MR) is 57.7 cm³/mol. The maximum Gasteiger partial charge on any atom is 0.320 e. The van der Waals surface area contributed by atoms with Crippen molar-refractivity contribution >= 4 is 5.97 Å². The van der Waals surface area contributed by atoms with E-state index in [0.29, 0.717) is 5.82 Å². The summed E-state index contributed by atoms with van der Waals surface area (Å²) in [7, 11) is 0. The van der Waals surface area contributed by atoms with Gasteiger partial charge in [-0.25, -0.2) is 4.98 Å². The highest BCUT2D eigenvalue weighted by atomic mass is 16.4. The molecule has 0 fully saturated rings. The van der Waals surface area contributed by atoms with Gasteiger partial charge in [0.2, 0.25) is 0 Å². The molecule has 2 aromatic rings. The molecule has 6 nitrogen and oxygen atoms in total. The van der Waals surface area contributed by atoms with Crippen LogP contribution in [0.25, 0.3) is 11.3 Å². The number of carboxylic acid groups (broad SMARTS) is 1. The first-order chi connectivity index (χ1) is 7.66. The Morgan fingerprint density at radius 2 is 2.44 bits per heavy atom. The number of imidazole rings is 1. The number of hydrogen-bond acceptors (Lipinski definition) is 3. The van der Waals surface area contributed by atoms with Crippen molar-refractivity contribution in [2.75, 3.05) is 0 Å². The van der Waals surface area contributed by atoms with E-state index in [0.717, 1.165) is 11.3 Å². The van der Waals surface area contributed by atoms with Crippen molar-refractivity contribution in [2.24, 2.45) is 5.73 Å². The van der Waals surface area contributed by atoms with Gasteiger partial charge in [0.05, 0.1) is 11.9 Å². The van der Waals surface area contributed by atoms with Gasteiger partial charge in [0.1, 0.15) is 11.9 Å². The smallest absolute Gasteiger partial charge is 0.320 e. The molecule has 2 heterocycles. The second-order valence-electron chi connectivity index (χ2n) is 3.49. The highest BCUT2D eigenvalue weighted by Crippen LogP contribution is 2.15. The number of nitrogens with two attached hydrogens (primary N) is 1. The quantitative estimate of drug-likeness (QED) is 0.596. The van der Waals surface area contributed by atoms with Gasteiger partial charge < -0.3 is 20.8 Å². The van der Waals surface area contributed by atoms with E-state index in [1.807, 2.05) is 12.3 Å². The van der Waals surface area contributed by atoms with E-state index in [9.17, 15) is 4.79 Å². The molecule has 1 unspecified atom stereocenters. The third kappa shape index (κ3) is 2.12. The monoisotopic (exact) mass is 220 g/mol. The van der Waals surface area contributed by atoms with Gasteiger partial charge >= 0.3 is 5.97 Å². The number of hydrogen-bond donors (Lipinski definition) is 4. The molecule has 2 aromatic heterocycles. The SMILES string of the molecule is NC(Cc1ncc(-c2cc[nH]c2)[nH]1)C(=O)O. The Balaban J connectivity index is 2.11. The summed E-state index contributed by atoms with van der Waals surface area (Å²) < 4.78 is 0. The van der Waals surface area contributed by atoms with Gasteiger partial charge in [0, 0.05) is 24.4 Å². The first-order valence-electron chi connectivity index (χ1n) is 4.82. The van der Waals surface area contributed by atoms with Crippen molar-refractivity contribution < 1.29 is 9.90 Å². The lowest BCUT2D eigenvalue weighted by atomic mass is 10.2. The molecule has 0 saturated heterocycles. The summed E-state index contributed by atoms with van der Waals surface area (Å²) in [6.07, 6.45) is 5.49. The average Bonchev–Trinajstić information content (AvgIpc) is 2.85. The van der Waals surface area contributed by atoms with Crippen LogP contribution in [0.2, 0.25) is 0 Å². The average molecular weight is 220 g/mol.